The molecule has 2 fully saturated rings. The van der Waals surface area contributed by atoms with Crippen LogP contribution in [-0.2, 0) is 9.47 Å². The quantitative estimate of drug-likeness (QED) is 0.643. The van der Waals surface area contributed by atoms with Crippen LogP contribution in [0.5, 0.6) is 0 Å². The molecular weight excluding hydrogens is 176 g/mol. The Morgan fingerprint density at radius 3 is 3.00 bits per heavy atom. The molecule has 1 heterocycles. The number of hydrogen-bond acceptors (Lipinski definition) is 2. The Morgan fingerprint density at radius 2 is 2.43 bits per heavy atom. The molecule has 3 rings (SSSR count). The summed E-state index contributed by atoms with van der Waals surface area (Å²) in [7, 11) is 0. The highest BCUT2D eigenvalue weighted by Crippen LogP contribution is 2.49. The molecule has 1 saturated heterocycles. The lowest BCUT2D eigenvalue weighted by molar-refractivity contribution is -0.127. The molecule has 3 unspecified atom stereocenters. The molecule has 0 aromatic rings. The Bertz CT molecular complexity index is 243. The van der Waals surface area contributed by atoms with E-state index < -0.39 is 0 Å². The molecule has 0 aromatic heterocycles. The average Bonchev–Trinajstić information content (AvgIpc) is 2.93. The Morgan fingerprint density at radius 1 is 1.43 bits per heavy atom. The molecule has 14 heavy (non-hydrogen) atoms. The lowest BCUT2D eigenvalue weighted by Gasteiger charge is -2.25. The molecule has 2 heteroatoms. The van der Waals surface area contributed by atoms with E-state index in [0.717, 1.165) is 32.0 Å². The highest BCUT2D eigenvalue weighted by molar-refractivity contribution is 5.15. The van der Waals surface area contributed by atoms with Crippen molar-refractivity contribution in [2.75, 3.05) is 13.2 Å². The third-order valence-electron chi connectivity index (χ3n) is 3.85. The molecule has 1 saturated carbocycles. The third-order valence-corrected chi connectivity index (χ3v) is 3.85. The minimum absolute atomic E-state index is 0.0948. The molecule has 0 aromatic carbocycles. The second-order valence-corrected chi connectivity index (χ2v) is 4.98. The molecule has 0 amide bonds. The van der Waals surface area contributed by atoms with Gasteiger partial charge in [0.05, 0.1) is 6.61 Å². The zero-order chi connectivity index (χ0) is 9.43. The summed E-state index contributed by atoms with van der Waals surface area (Å²) in [5.41, 5.74) is 0.386. The van der Waals surface area contributed by atoms with E-state index in [1.54, 1.807) is 0 Å². The average molecular weight is 194 g/mol. The van der Waals surface area contributed by atoms with Gasteiger partial charge in [0.1, 0.15) is 0 Å². The fourth-order valence-electron chi connectivity index (χ4n) is 2.97. The molecule has 3 atom stereocenters. The molecule has 78 valence electrons. The summed E-state index contributed by atoms with van der Waals surface area (Å²) >= 11 is 0. The second-order valence-electron chi connectivity index (χ2n) is 4.98. The number of allylic oxidation sites excluding steroid dienone is 1. The third kappa shape index (κ3) is 1.51. The van der Waals surface area contributed by atoms with Gasteiger partial charge in [-0.2, -0.15) is 0 Å². The zero-order valence-electron chi connectivity index (χ0n) is 8.58. The molecule has 2 nitrogen and oxygen atoms in total. The van der Waals surface area contributed by atoms with Crippen LogP contribution in [0.3, 0.4) is 0 Å². The van der Waals surface area contributed by atoms with Crippen molar-refractivity contribution in [3.63, 3.8) is 0 Å². The molecule has 0 spiro atoms. The summed E-state index contributed by atoms with van der Waals surface area (Å²) in [4.78, 5) is 0. The molecule has 3 aliphatic rings. The summed E-state index contributed by atoms with van der Waals surface area (Å²) in [6.07, 6.45) is 11.1. The van der Waals surface area contributed by atoms with Crippen molar-refractivity contribution < 1.29 is 9.47 Å². The van der Waals surface area contributed by atoms with Gasteiger partial charge in [0.15, 0.2) is 6.29 Å². The predicted octanol–water partition coefficient (Wildman–Crippen LogP) is 2.50. The van der Waals surface area contributed by atoms with Crippen molar-refractivity contribution in [3.8, 4) is 0 Å². The minimum Gasteiger partial charge on any atom is -0.353 e. The first-order valence-electron chi connectivity index (χ1n) is 5.79. The highest BCUT2D eigenvalue weighted by Gasteiger charge is 2.41. The van der Waals surface area contributed by atoms with Gasteiger partial charge in [-0.05, 0) is 31.6 Å². The molecular formula is C12H18O2. The maximum atomic E-state index is 5.83. The zero-order valence-corrected chi connectivity index (χ0v) is 8.58. The molecule has 2 bridgehead atoms. The second kappa shape index (κ2) is 3.35. The van der Waals surface area contributed by atoms with Gasteiger partial charge in [0.25, 0.3) is 0 Å². The summed E-state index contributed by atoms with van der Waals surface area (Å²) < 4.78 is 11.3. The van der Waals surface area contributed by atoms with E-state index in [2.05, 4.69) is 12.2 Å². The van der Waals surface area contributed by atoms with E-state index in [4.69, 9.17) is 9.47 Å². The summed E-state index contributed by atoms with van der Waals surface area (Å²) in [6.45, 7) is 1.76. The molecule has 0 radical (unpaired) electrons. The normalized spacial score (nSPS) is 45.1. The van der Waals surface area contributed by atoms with Crippen LogP contribution in [0.15, 0.2) is 12.2 Å². The van der Waals surface area contributed by atoms with E-state index >= 15 is 0 Å². The largest absolute Gasteiger partial charge is 0.353 e. The van der Waals surface area contributed by atoms with Crippen molar-refractivity contribution >= 4 is 0 Å². The van der Waals surface area contributed by atoms with Crippen molar-refractivity contribution in [2.24, 2.45) is 11.3 Å². The Kier molecular flexibility index (Phi) is 2.14. The smallest absolute Gasteiger partial charge is 0.157 e. The van der Waals surface area contributed by atoms with Gasteiger partial charge in [0.2, 0.25) is 0 Å². The molecule has 1 aliphatic heterocycles. The van der Waals surface area contributed by atoms with Crippen molar-refractivity contribution in [1.82, 2.24) is 0 Å². The van der Waals surface area contributed by atoms with Crippen LogP contribution in [0.25, 0.3) is 0 Å². The highest BCUT2D eigenvalue weighted by atomic mass is 16.7. The van der Waals surface area contributed by atoms with Crippen LogP contribution in [-0.4, -0.2) is 19.5 Å². The molecule has 2 aliphatic carbocycles. The standard InChI is InChI=1S/C12H18O2/c1-2-11(13-7-1)14-9-12-5-3-10(8-12)4-6-12/h3,5,10-11H,1-2,4,6-9H2. The van der Waals surface area contributed by atoms with Crippen LogP contribution in [0.2, 0.25) is 0 Å². The van der Waals surface area contributed by atoms with E-state index in [1.165, 1.54) is 19.3 Å². The lowest BCUT2D eigenvalue weighted by Crippen LogP contribution is -2.24. The van der Waals surface area contributed by atoms with E-state index in [-0.39, 0.29) is 6.29 Å². The Hall–Kier alpha value is -0.340. The maximum absolute atomic E-state index is 5.83. The fourth-order valence-corrected chi connectivity index (χ4v) is 2.97. The van der Waals surface area contributed by atoms with Gasteiger partial charge >= 0.3 is 0 Å². The predicted molar refractivity (Wildman–Crippen MR) is 53.8 cm³/mol. The van der Waals surface area contributed by atoms with Crippen molar-refractivity contribution in [2.45, 2.75) is 38.4 Å². The Labute approximate surface area is 85.3 Å². The van der Waals surface area contributed by atoms with Crippen LogP contribution in [0, 0.1) is 11.3 Å². The fraction of sp³-hybridized carbons (Fsp3) is 0.833. The van der Waals surface area contributed by atoms with Gasteiger partial charge in [0, 0.05) is 18.4 Å². The first kappa shape index (κ1) is 8.93. The number of fused-ring (bicyclic) bond motifs is 2. The first-order chi connectivity index (χ1) is 6.86. The monoisotopic (exact) mass is 194 g/mol. The topological polar surface area (TPSA) is 18.5 Å². The van der Waals surface area contributed by atoms with Crippen molar-refractivity contribution in [1.29, 1.82) is 0 Å². The lowest BCUT2D eigenvalue weighted by atomic mass is 9.89. The summed E-state index contributed by atoms with van der Waals surface area (Å²) in [5.74, 6) is 0.850. The van der Waals surface area contributed by atoms with Gasteiger partial charge in [-0.1, -0.05) is 12.2 Å². The van der Waals surface area contributed by atoms with Gasteiger partial charge in [-0.15, -0.1) is 0 Å². The number of ether oxygens (including phenoxy) is 2. The molecule has 0 N–H and O–H groups in total. The summed E-state index contributed by atoms with van der Waals surface area (Å²) in [5, 5.41) is 0. The minimum atomic E-state index is 0.0948. The van der Waals surface area contributed by atoms with Crippen molar-refractivity contribution in [3.05, 3.63) is 12.2 Å². The first-order valence-corrected chi connectivity index (χ1v) is 5.79. The van der Waals surface area contributed by atoms with Gasteiger partial charge in [-0.3, -0.25) is 0 Å². The number of rotatable bonds is 3. The van der Waals surface area contributed by atoms with Crippen LogP contribution >= 0.6 is 0 Å². The SMILES string of the molecule is C1=CC2(COC3CCCO3)CCC1C2. The van der Waals surface area contributed by atoms with E-state index in [1.807, 2.05) is 0 Å². The number of hydrogen-bond donors (Lipinski definition) is 0. The Balaban J connectivity index is 1.54. The van der Waals surface area contributed by atoms with Crippen LogP contribution in [0.4, 0.5) is 0 Å². The summed E-state index contributed by atoms with van der Waals surface area (Å²) in [6, 6.07) is 0. The maximum Gasteiger partial charge on any atom is 0.157 e. The van der Waals surface area contributed by atoms with Gasteiger partial charge in [-0.25, -0.2) is 0 Å². The van der Waals surface area contributed by atoms with Crippen LogP contribution in [0.1, 0.15) is 32.1 Å². The van der Waals surface area contributed by atoms with E-state index in [0.29, 0.717) is 5.41 Å². The van der Waals surface area contributed by atoms with E-state index in [9.17, 15) is 0 Å². The van der Waals surface area contributed by atoms with Gasteiger partial charge < -0.3 is 9.47 Å². The van der Waals surface area contributed by atoms with Crippen LogP contribution < -0.4 is 0 Å².